The first-order valence-electron chi connectivity index (χ1n) is 8.54. The summed E-state index contributed by atoms with van der Waals surface area (Å²) < 4.78 is 38.3. The summed E-state index contributed by atoms with van der Waals surface area (Å²) in [6.07, 6.45) is 4.84. The Kier molecular flexibility index (Phi) is 6.45. The van der Waals surface area contributed by atoms with Gasteiger partial charge in [0.25, 0.3) is 0 Å². The Hall–Kier alpha value is -1.70. The molecule has 0 bridgehead atoms. The van der Waals surface area contributed by atoms with Crippen LogP contribution in [0, 0.1) is 0 Å². The number of halogens is 3. The maximum absolute atomic E-state index is 13.0. The zero-order valence-electron chi connectivity index (χ0n) is 14.6. The zero-order chi connectivity index (χ0) is 18.5. The van der Waals surface area contributed by atoms with E-state index in [2.05, 4.69) is 4.98 Å². The molecule has 1 saturated heterocycles. The van der Waals surface area contributed by atoms with Gasteiger partial charge in [0.15, 0.2) is 0 Å². The van der Waals surface area contributed by atoms with E-state index < -0.39 is 6.55 Å². The van der Waals surface area contributed by atoms with Crippen molar-refractivity contribution in [1.29, 1.82) is 0 Å². The van der Waals surface area contributed by atoms with Gasteiger partial charge < -0.3 is 9.47 Å². The number of alkyl halides is 2. The van der Waals surface area contributed by atoms with Gasteiger partial charge in [0.2, 0.25) is 0 Å². The minimum absolute atomic E-state index is 0.120. The van der Waals surface area contributed by atoms with Crippen LogP contribution in [-0.4, -0.2) is 40.8 Å². The lowest BCUT2D eigenvalue weighted by atomic mass is 10.2. The minimum atomic E-state index is -2.60. The average Bonchev–Trinajstić information content (AvgIpc) is 3.25. The predicted octanol–water partition coefficient (Wildman–Crippen LogP) is 4.12. The molecule has 5 nitrogen and oxygen atoms in total. The van der Waals surface area contributed by atoms with Crippen LogP contribution in [0.15, 0.2) is 30.6 Å². The maximum atomic E-state index is 13.0. The number of rotatable bonds is 8. The van der Waals surface area contributed by atoms with Crippen molar-refractivity contribution in [2.24, 2.45) is 0 Å². The molecule has 0 spiro atoms. The van der Waals surface area contributed by atoms with Gasteiger partial charge in [-0.05, 0) is 38.1 Å². The van der Waals surface area contributed by atoms with Crippen LogP contribution >= 0.6 is 11.6 Å². The van der Waals surface area contributed by atoms with Crippen molar-refractivity contribution in [1.82, 2.24) is 14.5 Å². The third kappa shape index (κ3) is 4.93. The van der Waals surface area contributed by atoms with E-state index >= 15 is 0 Å². The van der Waals surface area contributed by atoms with Crippen LogP contribution in [0.5, 0.6) is 5.75 Å². The summed E-state index contributed by atoms with van der Waals surface area (Å²) in [7, 11) is 1.84. The molecule has 0 saturated carbocycles. The van der Waals surface area contributed by atoms with E-state index in [0.29, 0.717) is 24.0 Å². The smallest absolute Gasteiger partial charge is 0.319 e. The fourth-order valence-electron chi connectivity index (χ4n) is 3.00. The Labute approximate surface area is 156 Å². The molecule has 142 valence electrons. The van der Waals surface area contributed by atoms with Crippen molar-refractivity contribution in [3.8, 4) is 5.75 Å². The van der Waals surface area contributed by atoms with E-state index in [1.54, 1.807) is 6.07 Å². The highest BCUT2D eigenvalue weighted by molar-refractivity contribution is 6.30. The first-order chi connectivity index (χ1) is 12.5. The number of nitrogens with zero attached hydrogens (tertiary/aromatic N) is 3. The van der Waals surface area contributed by atoms with Gasteiger partial charge in [-0.1, -0.05) is 11.6 Å². The SMILES string of the molecule is CN(Cc1cc(Cl)ccc1OCC1CCCO1)Cc1nccn1C(F)F. The molecule has 0 aliphatic carbocycles. The normalized spacial score (nSPS) is 17.4. The number of ether oxygens (including phenoxy) is 2. The highest BCUT2D eigenvalue weighted by Gasteiger charge is 2.18. The third-order valence-electron chi connectivity index (χ3n) is 4.28. The van der Waals surface area contributed by atoms with Crippen LogP contribution in [0.1, 0.15) is 30.8 Å². The Morgan fingerprint density at radius 3 is 3.00 bits per heavy atom. The van der Waals surface area contributed by atoms with Gasteiger partial charge >= 0.3 is 6.55 Å². The lowest BCUT2D eigenvalue weighted by molar-refractivity contribution is 0.0641. The number of imidazole rings is 1. The Morgan fingerprint density at radius 2 is 2.27 bits per heavy atom. The molecule has 1 aromatic heterocycles. The maximum Gasteiger partial charge on any atom is 0.319 e. The summed E-state index contributed by atoms with van der Waals surface area (Å²) >= 11 is 6.12. The molecule has 26 heavy (non-hydrogen) atoms. The predicted molar refractivity (Wildman–Crippen MR) is 94.6 cm³/mol. The standard InChI is InChI=1S/C18H22ClF2N3O2/c1-23(11-17-22-6-7-24(17)18(20)21)10-13-9-14(19)4-5-16(13)26-12-15-3-2-8-25-15/h4-7,9,15,18H,2-3,8,10-12H2,1H3. The molecule has 1 fully saturated rings. The molecule has 2 aromatic rings. The summed E-state index contributed by atoms with van der Waals surface area (Å²) in [6.45, 7) is -0.542. The van der Waals surface area contributed by atoms with Gasteiger partial charge in [-0.25, -0.2) is 4.98 Å². The molecule has 0 N–H and O–H groups in total. The molecule has 3 rings (SSSR count). The van der Waals surface area contributed by atoms with E-state index in [1.807, 2.05) is 24.1 Å². The molecule has 0 radical (unpaired) electrons. The molecule has 1 aliphatic rings. The first kappa shape index (κ1) is 19.1. The lowest BCUT2D eigenvalue weighted by Gasteiger charge is -2.20. The minimum Gasteiger partial charge on any atom is -0.491 e. The van der Waals surface area contributed by atoms with E-state index in [9.17, 15) is 8.78 Å². The summed E-state index contributed by atoms with van der Waals surface area (Å²) in [4.78, 5) is 5.91. The summed E-state index contributed by atoms with van der Waals surface area (Å²) in [5.41, 5.74) is 0.896. The van der Waals surface area contributed by atoms with E-state index in [1.165, 1.54) is 12.4 Å². The van der Waals surface area contributed by atoms with Crippen LogP contribution < -0.4 is 4.74 Å². The molecule has 1 aliphatic heterocycles. The molecule has 0 amide bonds. The second kappa shape index (κ2) is 8.79. The third-order valence-corrected chi connectivity index (χ3v) is 4.52. The van der Waals surface area contributed by atoms with Crippen LogP contribution in [0.4, 0.5) is 8.78 Å². The molecule has 8 heteroatoms. The van der Waals surface area contributed by atoms with Crippen LogP contribution in [0.25, 0.3) is 0 Å². The molecular formula is C18H22ClF2N3O2. The fraction of sp³-hybridized carbons (Fsp3) is 0.500. The Morgan fingerprint density at radius 1 is 1.42 bits per heavy atom. The molecule has 2 heterocycles. The Balaban J connectivity index is 1.65. The van der Waals surface area contributed by atoms with Crippen LogP contribution in [0.3, 0.4) is 0 Å². The first-order valence-corrected chi connectivity index (χ1v) is 8.92. The lowest BCUT2D eigenvalue weighted by Crippen LogP contribution is -2.22. The Bertz CT molecular complexity index is 720. The number of benzene rings is 1. The quantitative estimate of drug-likeness (QED) is 0.685. The van der Waals surface area contributed by atoms with Crippen molar-refractivity contribution >= 4 is 11.6 Å². The number of hydrogen-bond acceptors (Lipinski definition) is 4. The second-order valence-electron chi connectivity index (χ2n) is 6.40. The molecule has 1 unspecified atom stereocenters. The van der Waals surface area contributed by atoms with Crippen molar-refractivity contribution in [3.05, 3.63) is 47.0 Å². The summed E-state index contributed by atoms with van der Waals surface area (Å²) in [5.74, 6) is 1.04. The molecular weight excluding hydrogens is 364 g/mol. The van der Waals surface area contributed by atoms with E-state index in [0.717, 1.165) is 35.3 Å². The summed E-state index contributed by atoms with van der Waals surface area (Å²) in [6, 6.07) is 5.45. The monoisotopic (exact) mass is 385 g/mol. The highest BCUT2D eigenvalue weighted by atomic mass is 35.5. The molecule has 1 atom stereocenters. The van der Waals surface area contributed by atoms with Crippen molar-refractivity contribution in [3.63, 3.8) is 0 Å². The summed E-state index contributed by atoms with van der Waals surface area (Å²) in [5, 5.41) is 0.604. The van der Waals surface area contributed by atoms with Crippen LogP contribution in [0.2, 0.25) is 5.02 Å². The van der Waals surface area contributed by atoms with Gasteiger partial charge in [-0.2, -0.15) is 8.78 Å². The topological polar surface area (TPSA) is 39.5 Å². The number of aromatic nitrogens is 2. The fourth-order valence-corrected chi connectivity index (χ4v) is 3.20. The van der Waals surface area contributed by atoms with Gasteiger partial charge in [0, 0.05) is 36.1 Å². The highest BCUT2D eigenvalue weighted by Crippen LogP contribution is 2.26. The van der Waals surface area contributed by atoms with Gasteiger partial charge in [-0.3, -0.25) is 9.47 Å². The zero-order valence-corrected chi connectivity index (χ0v) is 15.3. The van der Waals surface area contributed by atoms with E-state index in [4.69, 9.17) is 21.1 Å². The van der Waals surface area contributed by atoms with Crippen molar-refractivity contribution in [2.45, 2.75) is 38.6 Å². The van der Waals surface area contributed by atoms with Crippen LogP contribution in [-0.2, 0) is 17.8 Å². The van der Waals surface area contributed by atoms with Gasteiger partial charge in [0.1, 0.15) is 18.2 Å². The van der Waals surface area contributed by atoms with Gasteiger partial charge in [-0.15, -0.1) is 0 Å². The average molecular weight is 386 g/mol. The number of hydrogen-bond donors (Lipinski definition) is 0. The van der Waals surface area contributed by atoms with Crippen molar-refractivity contribution < 1.29 is 18.3 Å². The largest absolute Gasteiger partial charge is 0.491 e. The molecule has 1 aromatic carbocycles. The van der Waals surface area contributed by atoms with E-state index in [-0.39, 0.29) is 12.6 Å². The van der Waals surface area contributed by atoms with Crippen molar-refractivity contribution in [2.75, 3.05) is 20.3 Å². The second-order valence-corrected chi connectivity index (χ2v) is 6.84. The van der Waals surface area contributed by atoms with Gasteiger partial charge in [0.05, 0.1) is 12.6 Å².